The molecule has 3 rings (SSSR count). The van der Waals surface area contributed by atoms with E-state index in [-0.39, 0.29) is 16.9 Å². The van der Waals surface area contributed by atoms with E-state index in [0.29, 0.717) is 18.2 Å². The summed E-state index contributed by atoms with van der Waals surface area (Å²) in [5.74, 6) is 0.141. The molecule has 0 bridgehead atoms. The first kappa shape index (κ1) is 25.7. The third kappa shape index (κ3) is 5.59. The van der Waals surface area contributed by atoms with E-state index in [2.05, 4.69) is 47.7 Å². The van der Waals surface area contributed by atoms with Crippen LogP contribution in [0.3, 0.4) is 0 Å². The van der Waals surface area contributed by atoms with Gasteiger partial charge in [-0.3, -0.25) is 9.79 Å². The van der Waals surface area contributed by atoms with Crippen LogP contribution in [0.4, 0.5) is 5.69 Å². The molecule has 0 saturated carbocycles. The molecule has 4 nitrogen and oxygen atoms in total. The second-order valence-electron chi connectivity index (χ2n) is 10.4. The lowest BCUT2D eigenvalue weighted by molar-refractivity contribution is -0.120. The summed E-state index contributed by atoms with van der Waals surface area (Å²) in [6, 6.07) is 15.3. The summed E-state index contributed by atoms with van der Waals surface area (Å²) >= 11 is 6.43. The van der Waals surface area contributed by atoms with Gasteiger partial charge in [0.25, 0.3) is 5.91 Å². The van der Waals surface area contributed by atoms with E-state index in [1.165, 1.54) is 0 Å². The van der Waals surface area contributed by atoms with Gasteiger partial charge in [-0.2, -0.15) is 0 Å². The SMILES string of the molecule is CC[C@H](C)[C@@H]1N=C(c2ccccc2)c2cc(Cl)ccc2N(CCO[Si](C)(C)C(C)(C)C)C1=O. The highest BCUT2D eigenvalue weighted by molar-refractivity contribution is 6.74. The first-order chi connectivity index (χ1) is 15.5. The third-order valence-corrected chi connectivity index (χ3v) is 11.9. The smallest absolute Gasteiger partial charge is 0.252 e. The number of nitrogens with zero attached hydrogens (tertiary/aromatic N) is 2. The van der Waals surface area contributed by atoms with Gasteiger partial charge in [-0.15, -0.1) is 0 Å². The molecule has 0 unspecified atom stereocenters. The number of hydrogen-bond acceptors (Lipinski definition) is 3. The lowest BCUT2D eigenvalue weighted by Gasteiger charge is -2.37. The number of hydrogen-bond donors (Lipinski definition) is 0. The Labute approximate surface area is 205 Å². The number of carbonyl (C=O) groups is 1. The summed E-state index contributed by atoms with van der Waals surface area (Å²) in [5, 5.41) is 0.744. The number of benzodiazepines with no additional fused rings is 1. The molecule has 6 heteroatoms. The van der Waals surface area contributed by atoms with Crippen LogP contribution in [0.15, 0.2) is 53.5 Å². The van der Waals surface area contributed by atoms with Gasteiger partial charge < -0.3 is 9.33 Å². The van der Waals surface area contributed by atoms with Gasteiger partial charge in [-0.05, 0) is 42.2 Å². The predicted molar refractivity (Wildman–Crippen MR) is 142 cm³/mol. The van der Waals surface area contributed by atoms with E-state index in [1.54, 1.807) is 0 Å². The highest BCUT2D eigenvalue weighted by Gasteiger charge is 2.38. The Morgan fingerprint density at radius 1 is 1.15 bits per heavy atom. The molecule has 0 radical (unpaired) electrons. The zero-order valence-corrected chi connectivity index (χ0v) is 22.7. The van der Waals surface area contributed by atoms with Gasteiger partial charge >= 0.3 is 0 Å². The maximum absolute atomic E-state index is 13.9. The molecule has 2 aromatic rings. The minimum atomic E-state index is -1.92. The van der Waals surface area contributed by atoms with Gasteiger partial charge in [-0.1, -0.05) is 83.0 Å². The van der Waals surface area contributed by atoms with Gasteiger partial charge in [0.2, 0.25) is 0 Å². The molecule has 0 fully saturated rings. The maximum atomic E-state index is 13.9. The van der Waals surface area contributed by atoms with Crippen molar-refractivity contribution in [1.29, 1.82) is 0 Å². The first-order valence-electron chi connectivity index (χ1n) is 11.8. The molecule has 1 aliphatic rings. The number of rotatable bonds is 7. The fraction of sp³-hybridized carbons (Fsp3) is 0.481. The van der Waals surface area contributed by atoms with Crippen molar-refractivity contribution in [2.45, 2.75) is 65.2 Å². The standard InChI is InChI=1S/C27H37ClN2O2Si/c1-8-19(2)24-26(31)30(16-17-32-33(6,7)27(3,4)5)23-15-14-21(28)18-22(23)25(29-24)20-12-10-9-11-13-20/h9-15,18-19,24H,8,16-17H2,1-7H3/t19-,24-/m0/s1. The van der Waals surface area contributed by atoms with Crippen molar-refractivity contribution in [2.75, 3.05) is 18.1 Å². The summed E-state index contributed by atoms with van der Waals surface area (Å²) < 4.78 is 6.44. The Morgan fingerprint density at radius 2 is 1.82 bits per heavy atom. The minimum absolute atomic E-state index is 0.0256. The number of halogens is 1. The maximum Gasteiger partial charge on any atom is 0.252 e. The Hall–Kier alpha value is -1.95. The number of fused-ring (bicyclic) bond motifs is 1. The fourth-order valence-electron chi connectivity index (χ4n) is 3.73. The van der Waals surface area contributed by atoms with Crippen LogP contribution in [0.2, 0.25) is 23.2 Å². The first-order valence-corrected chi connectivity index (χ1v) is 15.1. The van der Waals surface area contributed by atoms with Crippen LogP contribution >= 0.6 is 11.6 Å². The molecule has 33 heavy (non-hydrogen) atoms. The van der Waals surface area contributed by atoms with E-state index in [9.17, 15) is 4.79 Å². The zero-order chi connectivity index (χ0) is 24.4. The molecule has 2 atom stereocenters. The van der Waals surface area contributed by atoms with Crippen LogP contribution in [-0.4, -0.2) is 39.1 Å². The predicted octanol–water partition coefficient (Wildman–Crippen LogP) is 6.96. The van der Waals surface area contributed by atoms with Gasteiger partial charge in [0.1, 0.15) is 6.04 Å². The average molecular weight is 485 g/mol. The number of anilines is 1. The lowest BCUT2D eigenvalue weighted by atomic mass is 9.98. The Kier molecular flexibility index (Phi) is 7.87. The van der Waals surface area contributed by atoms with E-state index < -0.39 is 14.4 Å². The van der Waals surface area contributed by atoms with Crippen molar-refractivity contribution in [3.8, 4) is 0 Å². The van der Waals surface area contributed by atoms with Crippen LogP contribution in [0, 0.1) is 5.92 Å². The van der Waals surface area contributed by atoms with E-state index in [1.807, 2.05) is 53.4 Å². The fourth-order valence-corrected chi connectivity index (χ4v) is 4.94. The van der Waals surface area contributed by atoms with Gasteiger partial charge in [0, 0.05) is 22.7 Å². The third-order valence-electron chi connectivity index (χ3n) is 7.11. The molecular formula is C27H37ClN2O2Si. The van der Waals surface area contributed by atoms with Gasteiger partial charge in [0.15, 0.2) is 8.32 Å². The van der Waals surface area contributed by atoms with Crippen LogP contribution in [0.1, 0.15) is 52.2 Å². The van der Waals surface area contributed by atoms with Crippen molar-refractivity contribution >= 4 is 37.2 Å². The molecule has 0 aromatic heterocycles. The highest BCUT2D eigenvalue weighted by Crippen LogP contribution is 2.37. The normalized spacial score (nSPS) is 17.9. The minimum Gasteiger partial charge on any atom is -0.415 e. The molecule has 1 heterocycles. The van der Waals surface area contributed by atoms with Crippen LogP contribution in [-0.2, 0) is 9.22 Å². The average Bonchev–Trinajstić information content (AvgIpc) is 2.87. The lowest BCUT2D eigenvalue weighted by Crippen LogP contribution is -2.46. The van der Waals surface area contributed by atoms with Crippen molar-refractivity contribution in [1.82, 2.24) is 0 Å². The molecule has 1 amide bonds. The number of aliphatic imine (C=N–C) groups is 1. The number of benzene rings is 2. The molecule has 0 saturated heterocycles. The Balaban J connectivity index is 2.06. The second-order valence-corrected chi connectivity index (χ2v) is 15.7. The van der Waals surface area contributed by atoms with E-state index >= 15 is 0 Å². The van der Waals surface area contributed by atoms with Crippen molar-refractivity contribution in [3.63, 3.8) is 0 Å². The summed E-state index contributed by atoms with van der Waals surface area (Å²) in [4.78, 5) is 20.8. The van der Waals surface area contributed by atoms with Gasteiger partial charge in [-0.25, -0.2) is 0 Å². The van der Waals surface area contributed by atoms with Crippen LogP contribution < -0.4 is 4.90 Å². The van der Waals surface area contributed by atoms with Gasteiger partial charge in [0.05, 0.1) is 18.0 Å². The molecule has 2 aromatic carbocycles. The number of amides is 1. The second kappa shape index (κ2) is 10.1. The highest BCUT2D eigenvalue weighted by atomic mass is 35.5. The monoisotopic (exact) mass is 484 g/mol. The van der Waals surface area contributed by atoms with Crippen molar-refractivity contribution in [3.05, 3.63) is 64.7 Å². The van der Waals surface area contributed by atoms with Crippen molar-refractivity contribution in [2.24, 2.45) is 10.9 Å². The summed E-state index contributed by atoms with van der Waals surface area (Å²) in [7, 11) is -1.92. The van der Waals surface area contributed by atoms with Crippen LogP contribution in [0.5, 0.6) is 0 Å². The van der Waals surface area contributed by atoms with Crippen LogP contribution in [0.25, 0.3) is 0 Å². The molecular weight excluding hydrogens is 448 g/mol. The molecule has 0 aliphatic carbocycles. The quantitative estimate of drug-likeness (QED) is 0.398. The topological polar surface area (TPSA) is 41.9 Å². The molecule has 0 spiro atoms. The summed E-state index contributed by atoms with van der Waals surface area (Å²) in [6.45, 7) is 16.4. The molecule has 1 aliphatic heterocycles. The number of carbonyl (C=O) groups excluding carboxylic acids is 1. The van der Waals surface area contributed by atoms with E-state index in [4.69, 9.17) is 21.0 Å². The summed E-state index contributed by atoms with van der Waals surface area (Å²) in [5.41, 5.74) is 3.54. The van der Waals surface area contributed by atoms with Crippen molar-refractivity contribution < 1.29 is 9.22 Å². The molecule has 0 N–H and O–H groups in total. The van der Waals surface area contributed by atoms with E-state index in [0.717, 1.165) is 28.9 Å². The molecule has 178 valence electrons. The summed E-state index contributed by atoms with van der Waals surface area (Å²) in [6.07, 6.45) is 0.868. The largest absolute Gasteiger partial charge is 0.415 e. The Bertz CT molecular complexity index is 1010. The zero-order valence-electron chi connectivity index (χ0n) is 21.0. The Morgan fingerprint density at radius 3 is 2.42 bits per heavy atom.